The molecule has 0 fully saturated rings. The van der Waals surface area contributed by atoms with E-state index < -0.39 is 0 Å². The molecule has 0 radical (unpaired) electrons. The molecule has 1 heterocycles. The highest BCUT2D eigenvalue weighted by atomic mass is 16.2. The van der Waals surface area contributed by atoms with Gasteiger partial charge >= 0.3 is 0 Å². The Balaban J connectivity index is 1.65. The first kappa shape index (κ1) is 18.1. The van der Waals surface area contributed by atoms with Gasteiger partial charge in [0.05, 0.1) is 5.56 Å². The van der Waals surface area contributed by atoms with E-state index in [0.717, 1.165) is 11.3 Å². The van der Waals surface area contributed by atoms with E-state index >= 15 is 0 Å². The van der Waals surface area contributed by atoms with E-state index in [1.54, 1.807) is 24.3 Å². The van der Waals surface area contributed by atoms with Crippen LogP contribution in [0.5, 0.6) is 0 Å². The molecule has 0 atom stereocenters. The Morgan fingerprint density at radius 1 is 0.852 bits per heavy atom. The Kier molecular flexibility index (Phi) is 5.41. The van der Waals surface area contributed by atoms with Gasteiger partial charge in [-0.2, -0.15) is 0 Å². The standard InChI is InChI=1S/C20H19N5O2/c1-13-6-8-16(9-7-13)25-20-21-11-15(12-22-20)19(27)24-18-5-3-4-17(10-18)23-14(2)26/h3-12H,1-2H3,(H,23,26)(H,24,27)(H,21,22,25). The summed E-state index contributed by atoms with van der Waals surface area (Å²) >= 11 is 0. The van der Waals surface area contributed by atoms with Crippen molar-refractivity contribution in [2.24, 2.45) is 0 Å². The van der Waals surface area contributed by atoms with E-state index in [4.69, 9.17) is 0 Å². The first-order chi connectivity index (χ1) is 13.0. The van der Waals surface area contributed by atoms with Gasteiger partial charge in [-0.15, -0.1) is 0 Å². The number of nitrogens with zero attached hydrogens (tertiary/aromatic N) is 2. The predicted octanol–water partition coefficient (Wildman–Crippen LogP) is 3.74. The number of rotatable bonds is 5. The van der Waals surface area contributed by atoms with Crippen molar-refractivity contribution in [1.82, 2.24) is 9.97 Å². The molecule has 0 unspecified atom stereocenters. The van der Waals surface area contributed by atoms with Crippen LogP contribution >= 0.6 is 0 Å². The van der Waals surface area contributed by atoms with E-state index in [-0.39, 0.29) is 11.8 Å². The normalized spacial score (nSPS) is 10.1. The molecular formula is C20H19N5O2. The molecule has 27 heavy (non-hydrogen) atoms. The summed E-state index contributed by atoms with van der Waals surface area (Å²) in [6.07, 6.45) is 2.91. The maximum absolute atomic E-state index is 12.4. The van der Waals surface area contributed by atoms with Crippen molar-refractivity contribution < 1.29 is 9.59 Å². The third-order valence-corrected chi connectivity index (χ3v) is 3.66. The molecule has 1 aromatic heterocycles. The van der Waals surface area contributed by atoms with E-state index in [1.807, 2.05) is 31.2 Å². The van der Waals surface area contributed by atoms with Crippen molar-refractivity contribution in [3.63, 3.8) is 0 Å². The number of anilines is 4. The van der Waals surface area contributed by atoms with Gasteiger partial charge in [-0.3, -0.25) is 9.59 Å². The van der Waals surface area contributed by atoms with Gasteiger partial charge in [0.2, 0.25) is 11.9 Å². The predicted molar refractivity (Wildman–Crippen MR) is 105 cm³/mol. The number of hydrogen-bond donors (Lipinski definition) is 3. The number of amides is 2. The zero-order valence-corrected chi connectivity index (χ0v) is 15.0. The highest BCUT2D eigenvalue weighted by Crippen LogP contribution is 2.17. The van der Waals surface area contributed by atoms with Crippen molar-refractivity contribution in [3.8, 4) is 0 Å². The van der Waals surface area contributed by atoms with Gasteiger partial charge in [0.1, 0.15) is 0 Å². The van der Waals surface area contributed by atoms with Crippen LogP contribution in [0.15, 0.2) is 60.9 Å². The number of nitrogens with one attached hydrogen (secondary N) is 3. The molecule has 0 bridgehead atoms. The largest absolute Gasteiger partial charge is 0.326 e. The van der Waals surface area contributed by atoms with Crippen LogP contribution in [0.3, 0.4) is 0 Å². The minimum Gasteiger partial charge on any atom is -0.326 e. The van der Waals surface area contributed by atoms with Crippen LogP contribution in [0, 0.1) is 6.92 Å². The summed E-state index contributed by atoms with van der Waals surface area (Å²) in [5, 5.41) is 8.50. The van der Waals surface area contributed by atoms with Crippen molar-refractivity contribution in [3.05, 3.63) is 72.1 Å². The molecule has 0 aliphatic carbocycles. The molecular weight excluding hydrogens is 342 g/mol. The average Bonchev–Trinajstić information content (AvgIpc) is 2.64. The lowest BCUT2D eigenvalue weighted by atomic mass is 10.2. The lowest BCUT2D eigenvalue weighted by Crippen LogP contribution is -2.13. The topological polar surface area (TPSA) is 96.0 Å². The number of benzene rings is 2. The van der Waals surface area contributed by atoms with Crippen molar-refractivity contribution in [1.29, 1.82) is 0 Å². The summed E-state index contributed by atoms with van der Waals surface area (Å²) in [6, 6.07) is 14.7. The maximum atomic E-state index is 12.4. The first-order valence-corrected chi connectivity index (χ1v) is 8.34. The summed E-state index contributed by atoms with van der Waals surface area (Å²) in [5.41, 5.74) is 3.53. The van der Waals surface area contributed by atoms with Crippen LogP contribution in [0.2, 0.25) is 0 Å². The van der Waals surface area contributed by atoms with Gasteiger partial charge in [0.15, 0.2) is 0 Å². The quantitative estimate of drug-likeness (QED) is 0.643. The van der Waals surface area contributed by atoms with Crippen LogP contribution < -0.4 is 16.0 Å². The summed E-state index contributed by atoms with van der Waals surface area (Å²) in [4.78, 5) is 31.8. The molecule has 0 saturated carbocycles. The van der Waals surface area contributed by atoms with Gasteiger partial charge in [0, 0.05) is 36.4 Å². The zero-order chi connectivity index (χ0) is 19.2. The van der Waals surface area contributed by atoms with Crippen LogP contribution in [0.1, 0.15) is 22.8 Å². The third-order valence-electron chi connectivity index (χ3n) is 3.66. The van der Waals surface area contributed by atoms with Crippen molar-refractivity contribution in [2.75, 3.05) is 16.0 Å². The van der Waals surface area contributed by atoms with Gasteiger partial charge in [-0.1, -0.05) is 23.8 Å². The maximum Gasteiger partial charge on any atom is 0.258 e. The molecule has 136 valence electrons. The van der Waals surface area contributed by atoms with Crippen molar-refractivity contribution >= 4 is 34.8 Å². The fourth-order valence-corrected chi connectivity index (χ4v) is 2.36. The van der Waals surface area contributed by atoms with Gasteiger partial charge in [0.25, 0.3) is 5.91 Å². The second kappa shape index (κ2) is 8.09. The Labute approximate surface area is 156 Å². The molecule has 7 heteroatoms. The Hall–Kier alpha value is -3.74. The average molecular weight is 361 g/mol. The molecule has 2 aromatic carbocycles. The second-order valence-electron chi connectivity index (χ2n) is 6.00. The smallest absolute Gasteiger partial charge is 0.258 e. The molecule has 3 aromatic rings. The third kappa shape index (κ3) is 5.12. The van der Waals surface area contributed by atoms with Gasteiger partial charge in [-0.05, 0) is 37.3 Å². The van der Waals surface area contributed by atoms with Crippen molar-refractivity contribution in [2.45, 2.75) is 13.8 Å². The summed E-state index contributed by atoms with van der Waals surface area (Å²) in [6.45, 7) is 3.44. The molecule has 3 rings (SSSR count). The molecule has 0 saturated heterocycles. The van der Waals surface area contributed by atoms with E-state index in [2.05, 4.69) is 25.9 Å². The number of aromatic nitrogens is 2. The molecule has 0 spiro atoms. The van der Waals surface area contributed by atoms with Crippen LogP contribution in [0.25, 0.3) is 0 Å². The summed E-state index contributed by atoms with van der Waals surface area (Å²) in [7, 11) is 0. The molecule has 0 aliphatic heterocycles. The molecule has 7 nitrogen and oxygen atoms in total. The monoisotopic (exact) mass is 361 g/mol. The minimum atomic E-state index is -0.336. The van der Waals surface area contributed by atoms with Gasteiger partial charge in [-0.25, -0.2) is 9.97 Å². The molecule has 3 N–H and O–H groups in total. The van der Waals surface area contributed by atoms with Crippen LogP contribution in [-0.2, 0) is 4.79 Å². The number of hydrogen-bond acceptors (Lipinski definition) is 5. The Bertz CT molecular complexity index is 953. The lowest BCUT2D eigenvalue weighted by molar-refractivity contribution is -0.114. The Morgan fingerprint density at radius 2 is 1.48 bits per heavy atom. The molecule has 2 amide bonds. The second-order valence-corrected chi connectivity index (χ2v) is 6.00. The van der Waals surface area contributed by atoms with Crippen LogP contribution in [-0.4, -0.2) is 21.8 Å². The number of carbonyl (C=O) groups excluding carboxylic acids is 2. The fraction of sp³-hybridized carbons (Fsp3) is 0.100. The van der Waals surface area contributed by atoms with Crippen LogP contribution in [0.4, 0.5) is 23.0 Å². The lowest BCUT2D eigenvalue weighted by Gasteiger charge is -2.08. The Morgan fingerprint density at radius 3 is 2.11 bits per heavy atom. The summed E-state index contributed by atoms with van der Waals surface area (Å²) < 4.78 is 0. The molecule has 0 aliphatic rings. The summed E-state index contributed by atoms with van der Waals surface area (Å²) in [5.74, 6) is -0.108. The SMILES string of the molecule is CC(=O)Nc1cccc(NC(=O)c2cnc(Nc3ccc(C)cc3)nc2)c1. The van der Waals surface area contributed by atoms with E-state index in [9.17, 15) is 9.59 Å². The highest BCUT2D eigenvalue weighted by Gasteiger charge is 2.09. The van der Waals surface area contributed by atoms with Gasteiger partial charge < -0.3 is 16.0 Å². The first-order valence-electron chi connectivity index (χ1n) is 8.34. The number of aryl methyl sites for hydroxylation is 1. The van der Waals surface area contributed by atoms with E-state index in [1.165, 1.54) is 19.3 Å². The minimum absolute atomic E-state index is 0.177. The number of carbonyl (C=O) groups is 2. The van der Waals surface area contributed by atoms with E-state index in [0.29, 0.717) is 22.9 Å². The highest BCUT2D eigenvalue weighted by molar-refractivity contribution is 6.04. The zero-order valence-electron chi connectivity index (χ0n) is 15.0. The fourth-order valence-electron chi connectivity index (χ4n) is 2.36.